The third kappa shape index (κ3) is 4.37. The molecular weight excluding hydrogens is 295 g/mol. The van der Waals surface area contributed by atoms with Gasteiger partial charge >= 0.3 is 0 Å². The molecular formula is C15H20Cl2N2O. The maximum absolute atomic E-state index is 5.54. The first-order chi connectivity index (χ1) is 8.74. The zero-order chi connectivity index (χ0) is 13.0. The van der Waals surface area contributed by atoms with Crippen molar-refractivity contribution in [3.63, 3.8) is 0 Å². The number of nitrogens with two attached hydrogens (primary N) is 1. The van der Waals surface area contributed by atoms with Gasteiger partial charge in [-0.3, -0.25) is 0 Å². The van der Waals surface area contributed by atoms with Crippen molar-refractivity contribution in [2.75, 3.05) is 13.7 Å². The van der Waals surface area contributed by atoms with Crippen LogP contribution in [0.25, 0.3) is 11.3 Å². The van der Waals surface area contributed by atoms with Crippen molar-refractivity contribution in [2.24, 2.45) is 5.73 Å². The van der Waals surface area contributed by atoms with E-state index in [0.29, 0.717) is 6.54 Å². The maximum atomic E-state index is 5.54. The van der Waals surface area contributed by atoms with Crippen LogP contribution in [0, 0.1) is 6.92 Å². The Balaban J connectivity index is 0.00000180. The smallest absolute Gasteiger partial charge is 0.145 e. The molecule has 0 aliphatic rings. The summed E-state index contributed by atoms with van der Waals surface area (Å²) in [5, 5.41) is 0. The summed E-state index contributed by atoms with van der Waals surface area (Å²) in [6.45, 7) is 2.65. The molecule has 2 aromatic rings. The second-order valence-corrected chi connectivity index (χ2v) is 4.24. The van der Waals surface area contributed by atoms with E-state index >= 15 is 0 Å². The molecule has 2 N–H and O–H groups in total. The van der Waals surface area contributed by atoms with Gasteiger partial charge in [0.25, 0.3) is 0 Å². The highest BCUT2D eigenvalue weighted by Gasteiger charge is 2.07. The number of pyridine rings is 1. The van der Waals surface area contributed by atoms with Crippen LogP contribution in [0.2, 0.25) is 0 Å². The molecule has 5 heteroatoms. The fourth-order valence-electron chi connectivity index (χ4n) is 1.91. The van der Waals surface area contributed by atoms with Crippen LogP contribution in [-0.4, -0.2) is 18.6 Å². The van der Waals surface area contributed by atoms with Gasteiger partial charge < -0.3 is 10.5 Å². The second-order valence-electron chi connectivity index (χ2n) is 4.24. The van der Waals surface area contributed by atoms with Crippen molar-refractivity contribution in [2.45, 2.75) is 13.3 Å². The number of aryl methyl sites for hydroxylation is 1. The number of nitrogens with zero attached hydrogens (tertiary/aromatic N) is 1. The Labute approximate surface area is 132 Å². The highest BCUT2D eigenvalue weighted by Crippen LogP contribution is 2.28. The predicted molar refractivity (Wildman–Crippen MR) is 88.2 cm³/mol. The lowest BCUT2D eigenvalue weighted by atomic mass is 10.1. The summed E-state index contributed by atoms with van der Waals surface area (Å²) in [4.78, 5) is 4.54. The van der Waals surface area contributed by atoms with Crippen LogP contribution in [0.3, 0.4) is 0 Å². The number of hydrogen-bond donors (Lipinski definition) is 1. The van der Waals surface area contributed by atoms with Crippen LogP contribution in [0.4, 0.5) is 0 Å². The number of rotatable bonds is 4. The van der Waals surface area contributed by atoms with Crippen LogP contribution in [0.15, 0.2) is 36.4 Å². The van der Waals surface area contributed by atoms with Gasteiger partial charge in [0.15, 0.2) is 0 Å². The van der Waals surface area contributed by atoms with Crippen molar-refractivity contribution < 1.29 is 4.74 Å². The molecule has 2 rings (SSSR count). The summed E-state index contributed by atoms with van der Waals surface area (Å²) in [6.07, 6.45) is 0.901. The minimum atomic E-state index is 0. The summed E-state index contributed by atoms with van der Waals surface area (Å²) in [7, 11) is 1.67. The first-order valence-corrected chi connectivity index (χ1v) is 6.05. The van der Waals surface area contributed by atoms with Crippen LogP contribution >= 0.6 is 24.8 Å². The van der Waals surface area contributed by atoms with Gasteiger partial charge in [-0.1, -0.05) is 24.3 Å². The van der Waals surface area contributed by atoms with Gasteiger partial charge in [0, 0.05) is 11.3 Å². The Morgan fingerprint density at radius 3 is 2.25 bits per heavy atom. The van der Waals surface area contributed by atoms with E-state index in [0.717, 1.165) is 29.1 Å². The van der Waals surface area contributed by atoms with Gasteiger partial charge in [-0.2, -0.15) is 0 Å². The summed E-state index contributed by atoms with van der Waals surface area (Å²) in [6, 6.07) is 12.2. The number of aromatic nitrogens is 1. The number of ether oxygens (including phenoxy) is 1. The Morgan fingerprint density at radius 2 is 1.70 bits per heavy atom. The first-order valence-electron chi connectivity index (χ1n) is 6.05. The van der Waals surface area contributed by atoms with Gasteiger partial charge in [-0.25, -0.2) is 4.98 Å². The SMILES string of the molecule is COc1ccc(C)nc1-c1ccc(CCN)cc1.Cl.Cl. The van der Waals surface area contributed by atoms with Crippen LogP contribution in [0.5, 0.6) is 5.75 Å². The maximum Gasteiger partial charge on any atom is 0.145 e. The molecule has 0 spiro atoms. The highest BCUT2D eigenvalue weighted by atomic mass is 35.5. The number of halogens is 2. The van der Waals surface area contributed by atoms with Gasteiger partial charge in [-0.15, -0.1) is 24.8 Å². The van der Waals surface area contributed by atoms with E-state index < -0.39 is 0 Å². The predicted octanol–water partition coefficient (Wildman–Crippen LogP) is 3.41. The molecule has 1 heterocycles. The molecule has 0 bridgehead atoms. The van der Waals surface area contributed by atoms with Gasteiger partial charge in [0.05, 0.1) is 7.11 Å². The third-order valence-electron chi connectivity index (χ3n) is 2.88. The molecule has 0 aliphatic heterocycles. The van der Waals surface area contributed by atoms with Crippen molar-refractivity contribution >= 4 is 24.8 Å². The second kappa shape index (κ2) is 8.80. The molecule has 0 fully saturated rings. The van der Waals surface area contributed by atoms with E-state index in [-0.39, 0.29) is 24.8 Å². The van der Waals surface area contributed by atoms with Crippen LogP contribution in [0.1, 0.15) is 11.3 Å². The van der Waals surface area contributed by atoms with Crippen LogP contribution in [-0.2, 0) is 6.42 Å². The van der Waals surface area contributed by atoms with E-state index in [1.54, 1.807) is 7.11 Å². The molecule has 0 saturated heterocycles. The molecule has 0 aliphatic carbocycles. The van der Waals surface area contributed by atoms with Gasteiger partial charge in [0.1, 0.15) is 11.4 Å². The largest absolute Gasteiger partial charge is 0.494 e. The minimum Gasteiger partial charge on any atom is -0.494 e. The number of benzene rings is 1. The normalized spacial score (nSPS) is 9.35. The molecule has 0 amide bonds. The monoisotopic (exact) mass is 314 g/mol. The standard InChI is InChI=1S/C15H18N2O.2ClH/c1-11-3-8-14(18-2)15(17-11)13-6-4-12(5-7-13)9-10-16;;/h3-8H,9-10,16H2,1-2H3;2*1H. The Bertz CT molecular complexity index is 530. The van der Waals surface area contributed by atoms with E-state index in [1.807, 2.05) is 19.1 Å². The zero-order valence-electron chi connectivity index (χ0n) is 11.6. The fraction of sp³-hybridized carbons (Fsp3) is 0.267. The molecule has 1 aromatic heterocycles. The topological polar surface area (TPSA) is 48.1 Å². The molecule has 110 valence electrons. The molecule has 0 atom stereocenters. The van der Waals surface area contributed by atoms with Gasteiger partial charge in [-0.05, 0) is 37.6 Å². The van der Waals surface area contributed by atoms with Crippen molar-refractivity contribution in [1.82, 2.24) is 4.98 Å². The fourth-order valence-corrected chi connectivity index (χ4v) is 1.91. The van der Waals surface area contributed by atoms with Crippen molar-refractivity contribution in [3.8, 4) is 17.0 Å². The lowest BCUT2D eigenvalue weighted by Gasteiger charge is -2.09. The molecule has 20 heavy (non-hydrogen) atoms. The lowest BCUT2D eigenvalue weighted by molar-refractivity contribution is 0.414. The van der Waals surface area contributed by atoms with Crippen LogP contribution < -0.4 is 10.5 Å². The summed E-state index contributed by atoms with van der Waals surface area (Å²) >= 11 is 0. The average molecular weight is 315 g/mol. The number of methoxy groups -OCH3 is 1. The third-order valence-corrected chi connectivity index (χ3v) is 2.88. The summed E-state index contributed by atoms with van der Waals surface area (Å²) < 4.78 is 5.35. The Morgan fingerprint density at radius 1 is 1.05 bits per heavy atom. The molecule has 0 radical (unpaired) electrons. The summed E-state index contributed by atoms with van der Waals surface area (Å²) in [5.74, 6) is 0.798. The molecule has 0 saturated carbocycles. The average Bonchev–Trinajstić information content (AvgIpc) is 2.40. The van der Waals surface area contributed by atoms with E-state index in [9.17, 15) is 0 Å². The number of hydrogen-bond acceptors (Lipinski definition) is 3. The van der Waals surface area contributed by atoms with Crippen molar-refractivity contribution in [3.05, 3.63) is 47.7 Å². The zero-order valence-corrected chi connectivity index (χ0v) is 13.3. The van der Waals surface area contributed by atoms with E-state index in [2.05, 4.69) is 29.2 Å². The van der Waals surface area contributed by atoms with Crippen molar-refractivity contribution in [1.29, 1.82) is 0 Å². The molecule has 0 unspecified atom stereocenters. The van der Waals surface area contributed by atoms with E-state index in [4.69, 9.17) is 10.5 Å². The lowest BCUT2D eigenvalue weighted by Crippen LogP contribution is -2.02. The molecule has 3 nitrogen and oxygen atoms in total. The first kappa shape index (κ1) is 18.7. The summed E-state index contributed by atoms with van der Waals surface area (Å²) in [5.41, 5.74) is 9.72. The molecule has 1 aromatic carbocycles. The van der Waals surface area contributed by atoms with E-state index in [1.165, 1.54) is 5.56 Å². The van der Waals surface area contributed by atoms with Gasteiger partial charge in [0.2, 0.25) is 0 Å². The minimum absolute atomic E-state index is 0. The quantitative estimate of drug-likeness (QED) is 0.940. The Kier molecular flexibility index (Phi) is 8.23. The highest BCUT2D eigenvalue weighted by molar-refractivity contribution is 5.85. The Hall–Kier alpha value is -1.29.